The van der Waals surface area contributed by atoms with Crippen LogP contribution in [0.25, 0.3) is 0 Å². The molecule has 27 heavy (non-hydrogen) atoms. The number of amides is 2. The normalized spacial score (nSPS) is 19.2. The topological polar surface area (TPSA) is 75.9 Å². The first kappa shape index (κ1) is 19.7. The van der Waals surface area contributed by atoms with Gasteiger partial charge in [0.05, 0.1) is 18.7 Å². The van der Waals surface area contributed by atoms with Crippen molar-refractivity contribution in [3.63, 3.8) is 0 Å². The fraction of sp³-hybridized carbons (Fsp3) is 0.750. The van der Waals surface area contributed by atoms with E-state index in [0.717, 1.165) is 30.6 Å². The van der Waals surface area contributed by atoms with Crippen molar-refractivity contribution in [2.45, 2.75) is 65.4 Å². The largest absolute Gasteiger partial charge is 0.441 e. The van der Waals surface area contributed by atoms with E-state index < -0.39 is 5.60 Å². The highest BCUT2D eigenvalue weighted by Crippen LogP contribution is 2.34. The summed E-state index contributed by atoms with van der Waals surface area (Å²) in [6.07, 6.45) is 3.65. The first-order valence-electron chi connectivity index (χ1n) is 10.0. The van der Waals surface area contributed by atoms with Crippen molar-refractivity contribution in [1.29, 1.82) is 0 Å². The summed E-state index contributed by atoms with van der Waals surface area (Å²) in [6.45, 7) is 10.7. The van der Waals surface area contributed by atoms with Crippen LogP contribution >= 0.6 is 0 Å². The summed E-state index contributed by atoms with van der Waals surface area (Å²) in [4.78, 5) is 28.7. The van der Waals surface area contributed by atoms with Crippen LogP contribution in [0.1, 0.15) is 56.5 Å². The number of nitrogens with zero attached hydrogens (tertiary/aromatic N) is 3. The zero-order valence-corrected chi connectivity index (χ0v) is 16.9. The lowest BCUT2D eigenvalue weighted by Crippen LogP contribution is -2.49. The summed E-state index contributed by atoms with van der Waals surface area (Å²) in [5.74, 6) is 1.30. The van der Waals surface area contributed by atoms with Crippen LogP contribution in [0.15, 0.2) is 4.52 Å². The summed E-state index contributed by atoms with van der Waals surface area (Å²) in [7, 11) is 0. The van der Waals surface area contributed by atoms with E-state index in [0.29, 0.717) is 50.6 Å². The molecule has 0 radical (unpaired) electrons. The van der Waals surface area contributed by atoms with Gasteiger partial charge in [0.25, 0.3) is 0 Å². The fourth-order valence-electron chi connectivity index (χ4n) is 4.13. The van der Waals surface area contributed by atoms with E-state index in [1.165, 1.54) is 0 Å². The monoisotopic (exact) mass is 377 g/mol. The quantitative estimate of drug-likeness (QED) is 0.761. The van der Waals surface area contributed by atoms with Gasteiger partial charge in [-0.1, -0.05) is 31.8 Å². The number of rotatable bonds is 6. The molecular formula is C20H31N3O4. The minimum atomic E-state index is -0.428. The molecule has 2 amide bonds. The number of likely N-dealkylation sites (tertiary alicyclic amines) is 1. The molecule has 1 aromatic heterocycles. The van der Waals surface area contributed by atoms with E-state index in [1.54, 1.807) is 0 Å². The van der Waals surface area contributed by atoms with Crippen molar-refractivity contribution in [3.05, 3.63) is 17.0 Å². The predicted molar refractivity (Wildman–Crippen MR) is 100 cm³/mol. The molecule has 7 heteroatoms. The molecule has 0 atom stereocenters. The highest BCUT2D eigenvalue weighted by atomic mass is 16.6. The molecule has 0 N–H and O–H groups in total. The summed E-state index contributed by atoms with van der Waals surface area (Å²) >= 11 is 0. The molecule has 2 saturated heterocycles. The van der Waals surface area contributed by atoms with Crippen molar-refractivity contribution >= 4 is 12.0 Å². The van der Waals surface area contributed by atoms with E-state index in [2.05, 4.69) is 19.0 Å². The summed E-state index contributed by atoms with van der Waals surface area (Å²) in [5.41, 5.74) is 1.23. The summed E-state index contributed by atoms with van der Waals surface area (Å²) < 4.78 is 10.9. The zero-order valence-electron chi connectivity index (χ0n) is 16.9. The van der Waals surface area contributed by atoms with Crippen LogP contribution in [-0.4, -0.2) is 58.7 Å². The Labute approximate surface area is 161 Å². The molecule has 0 unspecified atom stereocenters. The molecule has 0 aromatic carbocycles. The van der Waals surface area contributed by atoms with Gasteiger partial charge in [-0.25, -0.2) is 4.79 Å². The van der Waals surface area contributed by atoms with Crippen LogP contribution in [0, 0.1) is 19.8 Å². The standard InChI is InChI=1S/C20H31N3O4/c1-5-16(6-2)12-23-13-20(26-19(23)25)7-9-22(10-8-20)18(24)11-17-14(3)21-27-15(17)4/h16H,5-13H2,1-4H3. The Bertz CT molecular complexity index is 668. The SMILES string of the molecule is CCC(CC)CN1CC2(CCN(C(=O)Cc3c(C)noc3C)CC2)OC1=O. The van der Waals surface area contributed by atoms with Gasteiger partial charge in [0.1, 0.15) is 11.4 Å². The lowest BCUT2D eigenvalue weighted by atomic mass is 9.90. The number of hydrogen-bond donors (Lipinski definition) is 0. The third-order valence-corrected chi connectivity index (χ3v) is 6.21. The summed E-state index contributed by atoms with van der Waals surface area (Å²) in [5, 5.41) is 3.92. The number of ether oxygens (including phenoxy) is 1. The molecule has 2 aliphatic heterocycles. The predicted octanol–water partition coefficient (Wildman–Crippen LogP) is 3.08. The highest BCUT2D eigenvalue weighted by Gasteiger charge is 2.47. The molecule has 0 bridgehead atoms. The van der Waals surface area contributed by atoms with Crippen molar-refractivity contribution < 1.29 is 18.8 Å². The maximum absolute atomic E-state index is 12.7. The molecule has 0 saturated carbocycles. The van der Waals surface area contributed by atoms with Gasteiger partial charge in [0.2, 0.25) is 5.91 Å². The van der Waals surface area contributed by atoms with Gasteiger partial charge in [-0.15, -0.1) is 0 Å². The van der Waals surface area contributed by atoms with Crippen molar-refractivity contribution in [2.24, 2.45) is 5.92 Å². The number of hydrogen-bond acceptors (Lipinski definition) is 5. The lowest BCUT2D eigenvalue weighted by Gasteiger charge is -2.37. The Morgan fingerprint density at radius 1 is 1.22 bits per heavy atom. The van der Waals surface area contributed by atoms with Gasteiger partial charge in [-0.05, 0) is 19.8 Å². The van der Waals surface area contributed by atoms with Crippen LogP contribution in [0.2, 0.25) is 0 Å². The molecular weight excluding hydrogens is 346 g/mol. The van der Waals surface area contributed by atoms with Gasteiger partial charge in [-0.2, -0.15) is 0 Å². The third-order valence-electron chi connectivity index (χ3n) is 6.21. The number of aromatic nitrogens is 1. The Morgan fingerprint density at radius 3 is 2.44 bits per heavy atom. The van der Waals surface area contributed by atoms with E-state index in [9.17, 15) is 9.59 Å². The van der Waals surface area contributed by atoms with Crippen LogP contribution < -0.4 is 0 Å². The molecule has 1 spiro atoms. The Hall–Kier alpha value is -2.05. The zero-order chi connectivity index (χ0) is 19.6. The van der Waals surface area contributed by atoms with Crippen LogP contribution in [0.3, 0.4) is 0 Å². The van der Waals surface area contributed by atoms with E-state index in [4.69, 9.17) is 9.26 Å². The van der Waals surface area contributed by atoms with Gasteiger partial charge < -0.3 is 19.1 Å². The molecule has 150 valence electrons. The maximum atomic E-state index is 12.7. The second-order valence-corrected chi connectivity index (χ2v) is 7.97. The number of piperidine rings is 1. The van der Waals surface area contributed by atoms with E-state index in [-0.39, 0.29) is 12.0 Å². The maximum Gasteiger partial charge on any atom is 0.410 e. The number of aryl methyl sites for hydroxylation is 2. The fourth-order valence-corrected chi connectivity index (χ4v) is 4.13. The highest BCUT2D eigenvalue weighted by molar-refractivity contribution is 5.79. The molecule has 0 aliphatic carbocycles. The molecule has 2 aliphatic rings. The Balaban J connectivity index is 1.55. The van der Waals surface area contributed by atoms with Crippen LogP contribution in [-0.2, 0) is 16.0 Å². The lowest BCUT2D eigenvalue weighted by molar-refractivity contribution is -0.133. The van der Waals surface area contributed by atoms with Crippen molar-refractivity contribution in [3.8, 4) is 0 Å². The minimum Gasteiger partial charge on any atom is -0.441 e. The van der Waals surface area contributed by atoms with Gasteiger partial charge in [0.15, 0.2) is 0 Å². The molecule has 7 nitrogen and oxygen atoms in total. The van der Waals surface area contributed by atoms with Crippen LogP contribution in [0.4, 0.5) is 4.79 Å². The average molecular weight is 377 g/mol. The van der Waals surface area contributed by atoms with Crippen molar-refractivity contribution in [1.82, 2.24) is 15.0 Å². The third kappa shape index (κ3) is 4.12. The molecule has 3 rings (SSSR count). The smallest absolute Gasteiger partial charge is 0.410 e. The second-order valence-electron chi connectivity index (χ2n) is 7.97. The number of carbonyl (C=O) groups is 2. The first-order valence-corrected chi connectivity index (χ1v) is 10.0. The second kappa shape index (κ2) is 7.90. The molecule has 3 heterocycles. The average Bonchev–Trinajstić information content (AvgIpc) is 3.13. The van der Waals surface area contributed by atoms with Crippen LogP contribution in [0.5, 0.6) is 0 Å². The minimum absolute atomic E-state index is 0.0810. The van der Waals surface area contributed by atoms with E-state index in [1.807, 2.05) is 23.6 Å². The van der Waals surface area contributed by atoms with Gasteiger partial charge in [0, 0.05) is 38.0 Å². The summed E-state index contributed by atoms with van der Waals surface area (Å²) in [6, 6.07) is 0. The number of carbonyl (C=O) groups excluding carboxylic acids is 2. The Morgan fingerprint density at radius 2 is 1.89 bits per heavy atom. The Kier molecular flexibility index (Phi) is 5.77. The first-order chi connectivity index (χ1) is 12.9. The van der Waals surface area contributed by atoms with Crippen molar-refractivity contribution in [2.75, 3.05) is 26.2 Å². The molecule has 2 fully saturated rings. The van der Waals surface area contributed by atoms with E-state index >= 15 is 0 Å². The van der Waals surface area contributed by atoms with Gasteiger partial charge in [-0.3, -0.25) is 4.79 Å². The molecule has 1 aromatic rings. The van der Waals surface area contributed by atoms with Gasteiger partial charge >= 0.3 is 6.09 Å².